The van der Waals surface area contributed by atoms with Crippen LogP contribution in [-0.2, 0) is 19.1 Å². The summed E-state index contributed by atoms with van der Waals surface area (Å²) in [5.74, 6) is 0. The SMILES string of the molecule is Cc1cnc(B2OC(C)(C)C(C)(C)O2)c(S(C)(=O)=O)c1. The Morgan fingerprint density at radius 1 is 1.15 bits per heavy atom. The molecule has 5 nitrogen and oxygen atoms in total. The van der Waals surface area contributed by atoms with Gasteiger partial charge in [-0.05, 0) is 46.2 Å². The summed E-state index contributed by atoms with van der Waals surface area (Å²) in [5, 5.41) is 0. The zero-order valence-electron chi connectivity index (χ0n) is 12.7. The first-order chi connectivity index (χ1) is 8.94. The van der Waals surface area contributed by atoms with Crippen LogP contribution in [0.25, 0.3) is 0 Å². The lowest BCUT2D eigenvalue weighted by Gasteiger charge is -2.32. The van der Waals surface area contributed by atoms with E-state index in [1.807, 2.05) is 27.7 Å². The minimum absolute atomic E-state index is 0.163. The number of sulfone groups is 1. The molecule has 1 aromatic rings. The Hall–Kier alpha value is -0.915. The summed E-state index contributed by atoms with van der Waals surface area (Å²) >= 11 is 0. The molecule has 0 radical (unpaired) electrons. The molecule has 1 fully saturated rings. The minimum atomic E-state index is -3.39. The van der Waals surface area contributed by atoms with Crippen LogP contribution in [0.5, 0.6) is 0 Å². The van der Waals surface area contributed by atoms with Crippen LogP contribution in [0.15, 0.2) is 17.2 Å². The van der Waals surface area contributed by atoms with Gasteiger partial charge in [-0.25, -0.2) is 8.42 Å². The summed E-state index contributed by atoms with van der Waals surface area (Å²) < 4.78 is 35.6. The molecule has 0 spiro atoms. The zero-order valence-corrected chi connectivity index (χ0v) is 13.5. The number of hydrogen-bond donors (Lipinski definition) is 0. The smallest absolute Gasteiger partial charge is 0.398 e. The fraction of sp³-hybridized carbons (Fsp3) is 0.615. The van der Waals surface area contributed by atoms with Crippen molar-refractivity contribution in [3.8, 4) is 0 Å². The molecule has 2 rings (SSSR count). The Morgan fingerprint density at radius 3 is 2.10 bits per heavy atom. The second-order valence-electron chi connectivity index (χ2n) is 6.26. The molecule has 0 unspecified atom stereocenters. The van der Waals surface area contributed by atoms with Crippen molar-refractivity contribution in [2.45, 2.75) is 50.7 Å². The van der Waals surface area contributed by atoms with Crippen molar-refractivity contribution in [2.75, 3.05) is 6.26 Å². The van der Waals surface area contributed by atoms with Gasteiger partial charge in [-0.2, -0.15) is 0 Å². The molecule has 0 aliphatic carbocycles. The number of rotatable bonds is 2. The van der Waals surface area contributed by atoms with E-state index in [0.717, 1.165) is 11.8 Å². The van der Waals surface area contributed by atoms with Crippen molar-refractivity contribution < 1.29 is 17.7 Å². The monoisotopic (exact) mass is 297 g/mol. The third kappa shape index (κ3) is 2.62. The van der Waals surface area contributed by atoms with E-state index in [4.69, 9.17) is 9.31 Å². The van der Waals surface area contributed by atoms with E-state index in [1.54, 1.807) is 19.2 Å². The largest absolute Gasteiger partial charge is 0.515 e. The molecular weight excluding hydrogens is 277 g/mol. The summed E-state index contributed by atoms with van der Waals surface area (Å²) in [7, 11) is -4.16. The van der Waals surface area contributed by atoms with Crippen LogP contribution in [0.4, 0.5) is 0 Å². The Kier molecular flexibility index (Phi) is 3.52. The Morgan fingerprint density at radius 2 is 1.65 bits per heavy atom. The van der Waals surface area contributed by atoms with Crippen LogP contribution in [0.1, 0.15) is 33.3 Å². The molecule has 1 saturated heterocycles. The van der Waals surface area contributed by atoms with Crippen LogP contribution in [-0.4, -0.2) is 38.0 Å². The lowest BCUT2D eigenvalue weighted by Crippen LogP contribution is -2.41. The van der Waals surface area contributed by atoms with Gasteiger partial charge in [0.15, 0.2) is 9.84 Å². The summed E-state index contributed by atoms with van der Waals surface area (Å²) in [4.78, 5) is 4.39. The van der Waals surface area contributed by atoms with Crippen molar-refractivity contribution in [1.29, 1.82) is 0 Å². The molecule has 7 heteroatoms. The normalized spacial score (nSPS) is 21.2. The lowest BCUT2D eigenvalue weighted by molar-refractivity contribution is 0.00578. The molecule has 0 amide bonds. The Balaban J connectivity index is 2.51. The van der Waals surface area contributed by atoms with E-state index in [9.17, 15) is 8.42 Å². The number of hydrogen-bond acceptors (Lipinski definition) is 5. The van der Waals surface area contributed by atoms with Crippen molar-refractivity contribution >= 4 is 22.5 Å². The number of aromatic nitrogens is 1. The molecule has 110 valence electrons. The van der Waals surface area contributed by atoms with Crippen LogP contribution in [0.2, 0.25) is 0 Å². The van der Waals surface area contributed by atoms with E-state index in [-0.39, 0.29) is 4.90 Å². The molecular formula is C13H20BNO4S. The first kappa shape index (κ1) is 15.5. The molecule has 0 N–H and O–H groups in total. The number of pyridine rings is 1. The fourth-order valence-corrected chi connectivity index (χ4v) is 2.91. The Bertz CT molecular complexity index is 624. The molecule has 1 aliphatic heterocycles. The van der Waals surface area contributed by atoms with Gasteiger partial charge in [0.1, 0.15) is 0 Å². The first-order valence-corrected chi connectivity index (χ1v) is 8.35. The maximum atomic E-state index is 11.9. The van der Waals surface area contributed by atoms with E-state index in [1.165, 1.54) is 0 Å². The topological polar surface area (TPSA) is 65.5 Å². The minimum Gasteiger partial charge on any atom is -0.398 e. The summed E-state index contributed by atoms with van der Waals surface area (Å²) in [6, 6.07) is 1.60. The molecule has 2 heterocycles. The summed E-state index contributed by atoms with van der Waals surface area (Å²) in [5.41, 5.74) is 0.0420. The quantitative estimate of drug-likeness (QED) is 0.765. The van der Waals surface area contributed by atoms with Crippen molar-refractivity contribution in [3.63, 3.8) is 0 Å². The van der Waals surface area contributed by atoms with Gasteiger partial charge in [0.2, 0.25) is 0 Å². The van der Waals surface area contributed by atoms with Crippen molar-refractivity contribution in [3.05, 3.63) is 17.8 Å². The van der Waals surface area contributed by atoms with Gasteiger partial charge in [0.05, 0.1) is 21.7 Å². The van der Waals surface area contributed by atoms with Crippen LogP contribution in [0, 0.1) is 6.92 Å². The Labute approximate surface area is 120 Å². The standard InChI is InChI=1S/C13H20BNO4S/c1-9-7-10(20(6,16)17)11(15-8-9)14-18-12(2,3)13(4,5)19-14/h7-8H,1-6H3. The highest BCUT2D eigenvalue weighted by Gasteiger charge is 2.53. The van der Waals surface area contributed by atoms with Gasteiger partial charge in [-0.1, -0.05) is 0 Å². The predicted octanol–water partition coefficient (Wildman–Crippen LogP) is 1.09. The van der Waals surface area contributed by atoms with Gasteiger partial charge in [-0.15, -0.1) is 0 Å². The number of nitrogens with zero attached hydrogens (tertiary/aromatic N) is 1. The molecule has 1 aliphatic rings. The summed E-state index contributed by atoms with van der Waals surface area (Å²) in [6.07, 6.45) is 2.78. The maximum absolute atomic E-state index is 11.9. The van der Waals surface area contributed by atoms with Gasteiger partial charge in [-0.3, -0.25) is 4.98 Å². The van der Waals surface area contributed by atoms with Gasteiger partial charge >= 0.3 is 7.12 Å². The molecule has 0 aromatic carbocycles. The van der Waals surface area contributed by atoms with Crippen LogP contribution < -0.4 is 5.59 Å². The average molecular weight is 297 g/mol. The van der Waals surface area contributed by atoms with Gasteiger partial charge in [0.25, 0.3) is 0 Å². The van der Waals surface area contributed by atoms with Crippen molar-refractivity contribution in [1.82, 2.24) is 4.98 Å². The highest BCUT2D eigenvalue weighted by Crippen LogP contribution is 2.36. The third-order valence-electron chi connectivity index (χ3n) is 3.89. The highest BCUT2D eigenvalue weighted by molar-refractivity contribution is 7.91. The molecule has 0 atom stereocenters. The van der Waals surface area contributed by atoms with E-state index in [2.05, 4.69) is 4.98 Å². The second-order valence-corrected chi connectivity index (χ2v) is 8.24. The van der Waals surface area contributed by atoms with Crippen molar-refractivity contribution in [2.24, 2.45) is 0 Å². The van der Waals surface area contributed by atoms with E-state index < -0.39 is 28.2 Å². The fourth-order valence-electron chi connectivity index (χ4n) is 1.98. The van der Waals surface area contributed by atoms with E-state index >= 15 is 0 Å². The average Bonchev–Trinajstić information content (AvgIpc) is 2.46. The number of aryl methyl sites for hydroxylation is 1. The molecule has 0 bridgehead atoms. The first-order valence-electron chi connectivity index (χ1n) is 6.46. The molecule has 0 saturated carbocycles. The van der Waals surface area contributed by atoms with Crippen LogP contribution >= 0.6 is 0 Å². The zero-order chi connectivity index (χ0) is 15.3. The van der Waals surface area contributed by atoms with Gasteiger partial charge in [0, 0.05) is 12.5 Å². The predicted molar refractivity (Wildman–Crippen MR) is 77.8 cm³/mol. The summed E-state index contributed by atoms with van der Waals surface area (Å²) in [6.45, 7) is 9.47. The maximum Gasteiger partial charge on any atom is 0.515 e. The second kappa shape index (κ2) is 4.54. The highest BCUT2D eigenvalue weighted by atomic mass is 32.2. The lowest BCUT2D eigenvalue weighted by atomic mass is 9.84. The van der Waals surface area contributed by atoms with E-state index in [0.29, 0.717) is 5.59 Å². The van der Waals surface area contributed by atoms with Gasteiger partial charge < -0.3 is 9.31 Å². The van der Waals surface area contributed by atoms with Crippen LogP contribution in [0.3, 0.4) is 0 Å². The molecule has 20 heavy (non-hydrogen) atoms. The molecule has 1 aromatic heterocycles. The third-order valence-corrected chi connectivity index (χ3v) is 5.02.